The number of nitrogens with zero attached hydrogens (tertiary/aromatic N) is 2. The molecule has 11 heteroatoms. The first kappa shape index (κ1) is 34.8. The van der Waals surface area contributed by atoms with E-state index >= 15 is 0 Å². The third kappa shape index (κ3) is 8.68. The molecule has 0 radical (unpaired) electrons. The standard InChI is InChI=1S/C36H36Cl3N3O4S/c1-25-15-18-30(19-16-25)47(45,46)42(33-22-28(37)17-20-32(33)39)24-35(43)41(23-27-11-5-8-14-31(27)38)34(21-26-9-3-2-4-10-26)36(44)40-29-12-6-7-13-29/h2-5,8-11,14-20,22,29,34H,6-7,12-13,21,23-24H2,1H3,(H,40,44)/t34-/m1/s1. The van der Waals surface area contributed by atoms with Crippen molar-refractivity contribution in [3.63, 3.8) is 0 Å². The van der Waals surface area contributed by atoms with Gasteiger partial charge >= 0.3 is 0 Å². The number of benzene rings is 4. The molecule has 2 amide bonds. The van der Waals surface area contributed by atoms with Crippen molar-refractivity contribution in [1.29, 1.82) is 0 Å². The van der Waals surface area contributed by atoms with Gasteiger partial charge in [0.1, 0.15) is 12.6 Å². The minimum atomic E-state index is -4.33. The number of aryl methyl sites for hydroxylation is 1. The number of anilines is 1. The van der Waals surface area contributed by atoms with E-state index in [-0.39, 0.29) is 45.5 Å². The number of hydrogen-bond acceptors (Lipinski definition) is 4. The van der Waals surface area contributed by atoms with Gasteiger partial charge in [-0.2, -0.15) is 0 Å². The van der Waals surface area contributed by atoms with Crippen LogP contribution in [0.5, 0.6) is 0 Å². The highest BCUT2D eigenvalue weighted by Gasteiger charge is 2.36. The zero-order chi connectivity index (χ0) is 33.6. The first-order valence-electron chi connectivity index (χ1n) is 15.4. The zero-order valence-electron chi connectivity index (χ0n) is 25.9. The van der Waals surface area contributed by atoms with Crippen LogP contribution < -0.4 is 9.62 Å². The summed E-state index contributed by atoms with van der Waals surface area (Å²) in [6.07, 6.45) is 3.96. The van der Waals surface area contributed by atoms with Crippen LogP contribution in [0, 0.1) is 6.92 Å². The Kier molecular flexibility index (Phi) is 11.5. The predicted octanol–water partition coefficient (Wildman–Crippen LogP) is 7.85. The Bertz CT molecular complexity index is 1820. The molecular formula is C36H36Cl3N3O4S. The Hall–Kier alpha value is -3.56. The average molecular weight is 713 g/mol. The van der Waals surface area contributed by atoms with Gasteiger partial charge in [0.2, 0.25) is 11.8 Å². The van der Waals surface area contributed by atoms with Crippen molar-refractivity contribution in [3.8, 4) is 0 Å². The maximum Gasteiger partial charge on any atom is 0.264 e. The second-order valence-corrected chi connectivity index (χ2v) is 14.8. The number of halogens is 3. The van der Waals surface area contributed by atoms with Crippen molar-refractivity contribution in [3.05, 3.63) is 129 Å². The molecule has 1 saturated carbocycles. The highest BCUT2D eigenvalue weighted by atomic mass is 35.5. The molecular weight excluding hydrogens is 677 g/mol. The lowest BCUT2D eigenvalue weighted by atomic mass is 10.0. The first-order chi connectivity index (χ1) is 22.5. The zero-order valence-corrected chi connectivity index (χ0v) is 29.0. The van der Waals surface area contributed by atoms with Gasteiger partial charge in [0.25, 0.3) is 10.0 Å². The van der Waals surface area contributed by atoms with Crippen LogP contribution in [0.3, 0.4) is 0 Å². The number of rotatable bonds is 12. The fourth-order valence-corrected chi connectivity index (χ4v) is 7.82. The molecule has 1 atom stereocenters. The molecule has 0 unspecified atom stereocenters. The third-order valence-corrected chi connectivity index (χ3v) is 11.0. The molecule has 0 aliphatic heterocycles. The smallest absolute Gasteiger partial charge is 0.264 e. The highest BCUT2D eigenvalue weighted by molar-refractivity contribution is 7.92. The van der Waals surface area contributed by atoms with Crippen molar-refractivity contribution in [1.82, 2.24) is 10.2 Å². The summed E-state index contributed by atoms with van der Waals surface area (Å²) >= 11 is 19.5. The lowest BCUT2D eigenvalue weighted by Crippen LogP contribution is -2.54. The van der Waals surface area contributed by atoms with E-state index in [0.717, 1.165) is 41.1 Å². The molecule has 246 valence electrons. The minimum absolute atomic E-state index is 0.00159. The molecule has 0 aromatic heterocycles. The van der Waals surface area contributed by atoms with Gasteiger partial charge in [-0.05, 0) is 67.3 Å². The Labute approximate surface area is 291 Å². The van der Waals surface area contributed by atoms with Crippen molar-refractivity contribution in [2.45, 2.75) is 62.6 Å². The van der Waals surface area contributed by atoms with Gasteiger partial charge in [0.15, 0.2) is 0 Å². The number of amides is 2. The number of nitrogens with one attached hydrogen (secondary N) is 1. The van der Waals surface area contributed by atoms with Crippen molar-refractivity contribution >= 4 is 62.3 Å². The number of carbonyl (C=O) groups is 2. The summed E-state index contributed by atoms with van der Waals surface area (Å²) in [5.74, 6) is -0.922. The van der Waals surface area contributed by atoms with E-state index in [1.54, 1.807) is 42.5 Å². The van der Waals surface area contributed by atoms with Crippen LogP contribution in [-0.4, -0.2) is 43.8 Å². The summed E-state index contributed by atoms with van der Waals surface area (Å²) < 4.78 is 29.5. The van der Waals surface area contributed by atoms with E-state index in [4.69, 9.17) is 34.8 Å². The van der Waals surface area contributed by atoms with Crippen molar-refractivity contribution in [2.24, 2.45) is 0 Å². The van der Waals surface area contributed by atoms with E-state index in [2.05, 4.69) is 5.32 Å². The van der Waals surface area contributed by atoms with Crippen LogP contribution in [0.15, 0.2) is 102 Å². The monoisotopic (exact) mass is 711 g/mol. The molecule has 47 heavy (non-hydrogen) atoms. The molecule has 4 aromatic carbocycles. The number of carbonyl (C=O) groups excluding carboxylic acids is 2. The molecule has 1 N–H and O–H groups in total. The van der Waals surface area contributed by atoms with Gasteiger partial charge in [0, 0.05) is 29.1 Å². The molecule has 7 nitrogen and oxygen atoms in total. The highest BCUT2D eigenvalue weighted by Crippen LogP contribution is 2.34. The molecule has 0 spiro atoms. The van der Waals surface area contributed by atoms with Crippen molar-refractivity contribution < 1.29 is 18.0 Å². The maximum absolute atomic E-state index is 14.7. The van der Waals surface area contributed by atoms with Crippen LogP contribution in [-0.2, 0) is 32.6 Å². The van der Waals surface area contributed by atoms with Gasteiger partial charge in [0.05, 0.1) is 15.6 Å². The lowest BCUT2D eigenvalue weighted by molar-refractivity contribution is -0.140. The van der Waals surface area contributed by atoms with Crippen LogP contribution >= 0.6 is 34.8 Å². The fraction of sp³-hybridized carbons (Fsp3) is 0.278. The molecule has 1 aliphatic carbocycles. The van der Waals surface area contributed by atoms with Gasteiger partial charge in [-0.25, -0.2) is 8.42 Å². The summed E-state index contributed by atoms with van der Waals surface area (Å²) in [6, 6.07) is 26.3. The normalized spacial score (nSPS) is 14.0. The van der Waals surface area contributed by atoms with Gasteiger partial charge in [-0.1, -0.05) is 114 Å². The quantitative estimate of drug-likeness (QED) is 0.162. The second-order valence-electron chi connectivity index (χ2n) is 11.7. The van der Waals surface area contributed by atoms with Crippen molar-refractivity contribution in [2.75, 3.05) is 10.8 Å². The van der Waals surface area contributed by atoms with E-state index in [1.165, 1.54) is 29.2 Å². The molecule has 0 bridgehead atoms. The van der Waals surface area contributed by atoms with Gasteiger partial charge in [-0.15, -0.1) is 0 Å². The summed E-state index contributed by atoms with van der Waals surface area (Å²) in [4.78, 5) is 30.2. The van der Waals surface area contributed by atoms with Crippen LogP contribution in [0.25, 0.3) is 0 Å². The van der Waals surface area contributed by atoms with Crippen LogP contribution in [0.4, 0.5) is 5.69 Å². The van der Waals surface area contributed by atoms with E-state index in [9.17, 15) is 18.0 Å². The molecule has 0 heterocycles. The maximum atomic E-state index is 14.7. The van der Waals surface area contributed by atoms with Gasteiger partial charge < -0.3 is 10.2 Å². The Balaban J connectivity index is 1.60. The molecule has 1 fully saturated rings. The SMILES string of the molecule is Cc1ccc(S(=O)(=O)N(CC(=O)N(Cc2ccccc2Cl)[C@H](Cc2ccccc2)C(=O)NC2CCCC2)c2cc(Cl)ccc2Cl)cc1. The first-order valence-corrected chi connectivity index (χ1v) is 18.0. The Morgan fingerprint density at radius 1 is 0.851 bits per heavy atom. The molecule has 0 saturated heterocycles. The van der Waals surface area contributed by atoms with E-state index in [0.29, 0.717) is 10.6 Å². The molecule has 4 aromatic rings. The fourth-order valence-electron chi connectivity index (χ4n) is 5.76. The van der Waals surface area contributed by atoms with Gasteiger partial charge in [-0.3, -0.25) is 13.9 Å². The van der Waals surface area contributed by atoms with Crippen LogP contribution in [0.1, 0.15) is 42.4 Å². The van der Waals surface area contributed by atoms with Crippen LogP contribution in [0.2, 0.25) is 15.1 Å². The number of hydrogen-bond donors (Lipinski definition) is 1. The van der Waals surface area contributed by atoms with E-state index in [1.807, 2.05) is 37.3 Å². The predicted molar refractivity (Wildman–Crippen MR) is 189 cm³/mol. The summed E-state index contributed by atoms with van der Waals surface area (Å²) in [5, 5.41) is 3.92. The summed E-state index contributed by atoms with van der Waals surface area (Å²) in [6.45, 7) is 1.17. The lowest BCUT2D eigenvalue weighted by Gasteiger charge is -2.34. The largest absolute Gasteiger partial charge is 0.352 e. The third-order valence-electron chi connectivity index (χ3n) is 8.34. The topological polar surface area (TPSA) is 86.8 Å². The molecule has 1 aliphatic rings. The average Bonchev–Trinajstić information content (AvgIpc) is 3.57. The van der Waals surface area contributed by atoms with E-state index < -0.39 is 28.5 Å². The molecule has 5 rings (SSSR count). The summed E-state index contributed by atoms with van der Waals surface area (Å²) in [5.41, 5.74) is 2.37. The Morgan fingerprint density at radius 3 is 2.19 bits per heavy atom. The second kappa shape index (κ2) is 15.6. The number of sulfonamides is 1. The minimum Gasteiger partial charge on any atom is -0.352 e. The Morgan fingerprint density at radius 2 is 1.51 bits per heavy atom. The summed E-state index contributed by atoms with van der Waals surface area (Å²) in [7, 11) is -4.33.